The lowest BCUT2D eigenvalue weighted by molar-refractivity contribution is -0.384. The van der Waals surface area contributed by atoms with Crippen LogP contribution in [0.15, 0.2) is 60.9 Å². The first-order chi connectivity index (χ1) is 13.0. The molecular formula is C20H23N3O4. The Kier molecular flexibility index (Phi) is 8.94. The summed E-state index contributed by atoms with van der Waals surface area (Å²) in [5.74, 6) is 0.421. The third-order valence-corrected chi connectivity index (χ3v) is 3.32. The zero-order chi connectivity index (χ0) is 20.2. The van der Waals surface area contributed by atoms with Crippen LogP contribution in [0.3, 0.4) is 0 Å². The minimum atomic E-state index is -0.425. The van der Waals surface area contributed by atoms with E-state index in [-0.39, 0.29) is 11.7 Å². The van der Waals surface area contributed by atoms with Crippen LogP contribution in [0.5, 0.6) is 0 Å². The molecule has 3 aromatic rings. The predicted molar refractivity (Wildman–Crippen MR) is 105 cm³/mol. The number of aromatic nitrogens is 2. The number of aromatic amines is 1. The second-order valence-electron chi connectivity index (χ2n) is 5.10. The molecule has 1 aromatic heterocycles. The summed E-state index contributed by atoms with van der Waals surface area (Å²) >= 11 is 0. The molecule has 7 nitrogen and oxygen atoms in total. The molecule has 2 aromatic carbocycles. The number of nitrogens with zero attached hydrogens (tertiary/aromatic N) is 2. The first-order valence-corrected chi connectivity index (χ1v) is 8.40. The highest BCUT2D eigenvalue weighted by Gasteiger charge is 2.05. The Morgan fingerprint density at radius 2 is 1.67 bits per heavy atom. The van der Waals surface area contributed by atoms with E-state index in [2.05, 4.69) is 14.7 Å². The number of benzene rings is 2. The van der Waals surface area contributed by atoms with Crippen LogP contribution in [0.1, 0.15) is 29.8 Å². The molecule has 0 bridgehead atoms. The van der Waals surface area contributed by atoms with E-state index < -0.39 is 4.92 Å². The highest BCUT2D eigenvalue weighted by Crippen LogP contribution is 2.18. The van der Waals surface area contributed by atoms with Crippen molar-refractivity contribution in [2.24, 2.45) is 0 Å². The number of nitro benzene ring substituents is 1. The maximum absolute atomic E-state index is 10.9. The number of esters is 1. The van der Waals surface area contributed by atoms with Crippen molar-refractivity contribution in [3.63, 3.8) is 0 Å². The van der Waals surface area contributed by atoms with Crippen molar-refractivity contribution in [3.05, 3.63) is 82.2 Å². The van der Waals surface area contributed by atoms with Crippen molar-refractivity contribution in [1.82, 2.24) is 9.97 Å². The Morgan fingerprint density at radius 1 is 1.07 bits per heavy atom. The fourth-order valence-electron chi connectivity index (χ4n) is 1.97. The van der Waals surface area contributed by atoms with Gasteiger partial charge in [-0.25, -0.2) is 9.78 Å². The van der Waals surface area contributed by atoms with E-state index in [9.17, 15) is 14.9 Å². The first-order valence-electron chi connectivity index (χ1n) is 8.40. The second-order valence-corrected chi connectivity index (χ2v) is 5.10. The number of carbonyl (C=O) groups is 1. The average Bonchev–Trinajstić information content (AvgIpc) is 3.25. The topological polar surface area (TPSA) is 98.1 Å². The zero-order valence-electron chi connectivity index (χ0n) is 15.8. The van der Waals surface area contributed by atoms with Gasteiger partial charge in [0.1, 0.15) is 5.82 Å². The summed E-state index contributed by atoms with van der Waals surface area (Å²) in [4.78, 5) is 27.8. The molecule has 0 aliphatic heterocycles. The number of non-ortho nitro benzene ring substituents is 1. The minimum absolute atomic E-state index is 0.0836. The maximum Gasteiger partial charge on any atom is 0.337 e. The van der Waals surface area contributed by atoms with E-state index in [1.54, 1.807) is 36.7 Å². The summed E-state index contributed by atoms with van der Waals surface area (Å²) in [5.41, 5.74) is 2.65. The number of aryl methyl sites for hydroxylation is 1. The molecule has 142 valence electrons. The summed E-state index contributed by atoms with van der Waals surface area (Å²) in [5, 5.41) is 10.4. The van der Waals surface area contributed by atoms with Crippen molar-refractivity contribution in [3.8, 4) is 11.4 Å². The number of ether oxygens (including phenoxy) is 1. The van der Waals surface area contributed by atoms with Crippen molar-refractivity contribution < 1.29 is 14.5 Å². The lowest BCUT2D eigenvalue weighted by atomic mass is 10.2. The fraction of sp³-hybridized carbons (Fsp3) is 0.200. The van der Waals surface area contributed by atoms with Gasteiger partial charge in [0, 0.05) is 30.1 Å². The number of nitrogens with one attached hydrogen (secondary N) is 1. The minimum Gasteiger partial charge on any atom is -0.465 e. The van der Waals surface area contributed by atoms with E-state index in [1.807, 2.05) is 32.9 Å². The fourth-order valence-corrected chi connectivity index (χ4v) is 1.97. The smallest absolute Gasteiger partial charge is 0.337 e. The van der Waals surface area contributed by atoms with Gasteiger partial charge in [0.15, 0.2) is 0 Å². The number of rotatable bonds is 3. The Bertz CT molecular complexity index is 827. The number of imidazole rings is 1. The maximum atomic E-state index is 10.9. The van der Waals surface area contributed by atoms with Gasteiger partial charge in [-0.2, -0.15) is 0 Å². The van der Waals surface area contributed by atoms with Crippen LogP contribution < -0.4 is 0 Å². The van der Waals surface area contributed by atoms with E-state index in [1.165, 1.54) is 19.2 Å². The van der Waals surface area contributed by atoms with Crippen LogP contribution >= 0.6 is 0 Å². The molecule has 0 saturated heterocycles. The monoisotopic (exact) mass is 369 g/mol. The van der Waals surface area contributed by atoms with Crippen LogP contribution in [0.2, 0.25) is 0 Å². The SMILES string of the molecule is CC.COC(=O)c1ccc(C)cc1.O=[N+]([O-])c1ccc(-c2ncc[nH]2)cc1. The third-order valence-electron chi connectivity index (χ3n) is 3.32. The zero-order valence-corrected chi connectivity index (χ0v) is 15.8. The summed E-state index contributed by atoms with van der Waals surface area (Å²) in [6.45, 7) is 5.97. The first kappa shape index (κ1) is 21.6. The van der Waals surface area contributed by atoms with Crippen LogP contribution in [0.25, 0.3) is 11.4 Å². The molecule has 1 heterocycles. The van der Waals surface area contributed by atoms with Gasteiger partial charge in [-0.05, 0) is 31.2 Å². The lowest BCUT2D eigenvalue weighted by Crippen LogP contribution is -2.00. The van der Waals surface area contributed by atoms with Crippen molar-refractivity contribution >= 4 is 11.7 Å². The van der Waals surface area contributed by atoms with Gasteiger partial charge < -0.3 is 9.72 Å². The molecule has 0 aliphatic carbocycles. The van der Waals surface area contributed by atoms with E-state index in [4.69, 9.17) is 0 Å². The number of methoxy groups -OCH3 is 1. The van der Waals surface area contributed by atoms with E-state index in [0.29, 0.717) is 11.4 Å². The molecule has 3 rings (SSSR count). The number of H-pyrrole nitrogens is 1. The predicted octanol–water partition coefficient (Wildman–Crippen LogP) is 4.79. The Balaban J connectivity index is 0.000000254. The number of hydrogen-bond acceptors (Lipinski definition) is 5. The molecule has 0 aliphatic rings. The normalized spacial score (nSPS) is 9.19. The molecule has 27 heavy (non-hydrogen) atoms. The second kappa shape index (κ2) is 11.2. The van der Waals surface area contributed by atoms with Gasteiger partial charge in [-0.15, -0.1) is 0 Å². The average molecular weight is 369 g/mol. The number of nitro groups is 1. The summed E-state index contributed by atoms with van der Waals surface area (Å²) < 4.78 is 4.54. The van der Waals surface area contributed by atoms with Gasteiger partial charge in [0.2, 0.25) is 0 Å². The summed E-state index contributed by atoms with van der Waals surface area (Å²) in [6, 6.07) is 13.5. The molecule has 7 heteroatoms. The highest BCUT2D eigenvalue weighted by molar-refractivity contribution is 5.89. The quantitative estimate of drug-likeness (QED) is 0.406. The third kappa shape index (κ3) is 6.74. The van der Waals surface area contributed by atoms with Crippen molar-refractivity contribution in [2.45, 2.75) is 20.8 Å². The van der Waals surface area contributed by atoms with Gasteiger partial charge >= 0.3 is 5.97 Å². The summed E-state index contributed by atoms with van der Waals surface area (Å²) in [6.07, 6.45) is 3.34. The largest absolute Gasteiger partial charge is 0.465 e. The summed E-state index contributed by atoms with van der Waals surface area (Å²) in [7, 11) is 1.38. The standard InChI is InChI=1S/C9H7N3O2.C9H10O2.C2H6/c13-12(14)8-3-1-7(2-4-8)9-10-5-6-11-9;1-7-3-5-8(6-4-7)9(10)11-2;1-2/h1-6H,(H,10,11);3-6H,1-2H3;1-2H3. The van der Waals surface area contributed by atoms with E-state index in [0.717, 1.165) is 11.1 Å². The van der Waals surface area contributed by atoms with Gasteiger partial charge in [-0.3, -0.25) is 10.1 Å². The van der Waals surface area contributed by atoms with Crippen molar-refractivity contribution in [2.75, 3.05) is 7.11 Å². The molecular weight excluding hydrogens is 346 g/mol. The van der Waals surface area contributed by atoms with Crippen LogP contribution in [0, 0.1) is 17.0 Å². The molecule has 0 spiro atoms. The van der Waals surface area contributed by atoms with Crippen LogP contribution in [-0.4, -0.2) is 28.0 Å². The Labute approximate surface area is 158 Å². The van der Waals surface area contributed by atoms with Crippen LogP contribution in [-0.2, 0) is 4.74 Å². The molecule has 0 saturated carbocycles. The number of carbonyl (C=O) groups excluding carboxylic acids is 1. The molecule has 1 N–H and O–H groups in total. The molecule has 0 amide bonds. The molecule has 0 fully saturated rings. The van der Waals surface area contributed by atoms with Gasteiger partial charge in [0.05, 0.1) is 17.6 Å². The number of hydrogen-bond donors (Lipinski definition) is 1. The molecule has 0 unspecified atom stereocenters. The van der Waals surface area contributed by atoms with Gasteiger partial charge in [-0.1, -0.05) is 31.5 Å². The van der Waals surface area contributed by atoms with Gasteiger partial charge in [0.25, 0.3) is 5.69 Å². The molecule has 0 radical (unpaired) electrons. The lowest BCUT2D eigenvalue weighted by Gasteiger charge is -1.97. The Morgan fingerprint density at radius 3 is 2.11 bits per heavy atom. The Hall–Kier alpha value is -3.48. The molecule has 0 atom stereocenters. The van der Waals surface area contributed by atoms with Crippen LogP contribution in [0.4, 0.5) is 5.69 Å². The van der Waals surface area contributed by atoms with E-state index >= 15 is 0 Å². The highest BCUT2D eigenvalue weighted by atomic mass is 16.6. The van der Waals surface area contributed by atoms with Crippen molar-refractivity contribution in [1.29, 1.82) is 0 Å².